The molecule has 0 bridgehead atoms. The van der Waals surface area contributed by atoms with Crippen molar-refractivity contribution in [2.75, 3.05) is 13.6 Å². The van der Waals surface area contributed by atoms with Gasteiger partial charge in [-0.25, -0.2) is 8.78 Å². The highest BCUT2D eigenvalue weighted by Crippen LogP contribution is 2.15. The fraction of sp³-hybridized carbons (Fsp3) is 0.312. The van der Waals surface area contributed by atoms with Crippen molar-refractivity contribution < 1.29 is 13.9 Å². The van der Waals surface area contributed by atoms with Gasteiger partial charge in [-0.05, 0) is 43.3 Å². The SMILES string of the molecule is CN(CCC(O)c1ccc(F)cn1)Cc1ccc(F)cc1. The van der Waals surface area contributed by atoms with Gasteiger partial charge in [-0.3, -0.25) is 4.98 Å². The first-order valence-corrected chi connectivity index (χ1v) is 6.77. The molecule has 1 unspecified atom stereocenters. The third-order valence-electron chi connectivity index (χ3n) is 3.24. The smallest absolute Gasteiger partial charge is 0.141 e. The molecule has 3 nitrogen and oxygen atoms in total. The van der Waals surface area contributed by atoms with E-state index in [-0.39, 0.29) is 5.82 Å². The molecule has 0 radical (unpaired) electrons. The molecule has 1 heterocycles. The summed E-state index contributed by atoms with van der Waals surface area (Å²) >= 11 is 0. The van der Waals surface area contributed by atoms with Crippen molar-refractivity contribution in [2.24, 2.45) is 0 Å². The zero-order valence-corrected chi connectivity index (χ0v) is 11.8. The third kappa shape index (κ3) is 4.88. The number of aromatic nitrogens is 1. The molecule has 1 aromatic carbocycles. The van der Waals surface area contributed by atoms with Crippen LogP contribution in [0.2, 0.25) is 0 Å². The van der Waals surface area contributed by atoms with Crippen molar-refractivity contribution in [3.8, 4) is 0 Å². The van der Waals surface area contributed by atoms with Gasteiger partial charge in [-0.2, -0.15) is 0 Å². The van der Waals surface area contributed by atoms with Crippen LogP contribution in [0.25, 0.3) is 0 Å². The average molecular weight is 292 g/mol. The highest BCUT2D eigenvalue weighted by Gasteiger charge is 2.10. The van der Waals surface area contributed by atoms with Crippen LogP contribution in [-0.2, 0) is 6.54 Å². The molecule has 0 aliphatic carbocycles. The lowest BCUT2D eigenvalue weighted by molar-refractivity contribution is 0.143. The normalized spacial score (nSPS) is 12.6. The van der Waals surface area contributed by atoms with Crippen LogP contribution in [0.4, 0.5) is 8.78 Å². The van der Waals surface area contributed by atoms with Crippen molar-refractivity contribution in [1.29, 1.82) is 0 Å². The molecule has 0 aliphatic rings. The van der Waals surface area contributed by atoms with E-state index in [0.29, 0.717) is 25.2 Å². The van der Waals surface area contributed by atoms with Crippen molar-refractivity contribution in [3.63, 3.8) is 0 Å². The number of hydrogen-bond acceptors (Lipinski definition) is 3. The molecule has 1 aromatic heterocycles. The molecule has 2 rings (SSSR count). The maximum absolute atomic E-state index is 12.8. The molecule has 0 aliphatic heterocycles. The number of hydrogen-bond donors (Lipinski definition) is 1. The summed E-state index contributed by atoms with van der Waals surface area (Å²) in [6.07, 6.45) is 0.873. The molecule has 0 saturated heterocycles. The molecule has 0 saturated carbocycles. The van der Waals surface area contributed by atoms with Gasteiger partial charge in [0.05, 0.1) is 18.0 Å². The van der Waals surface area contributed by atoms with E-state index in [2.05, 4.69) is 4.98 Å². The predicted octanol–water partition coefficient (Wildman–Crippen LogP) is 2.92. The zero-order chi connectivity index (χ0) is 15.2. The molecular weight excluding hydrogens is 274 g/mol. The van der Waals surface area contributed by atoms with E-state index in [1.165, 1.54) is 24.3 Å². The van der Waals surface area contributed by atoms with E-state index in [1.807, 2.05) is 11.9 Å². The first-order chi connectivity index (χ1) is 10.0. The molecule has 1 N–H and O–H groups in total. The minimum Gasteiger partial charge on any atom is -0.387 e. The van der Waals surface area contributed by atoms with Crippen LogP contribution in [-0.4, -0.2) is 28.6 Å². The molecule has 0 spiro atoms. The van der Waals surface area contributed by atoms with Gasteiger partial charge in [-0.15, -0.1) is 0 Å². The van der Waals surface area contributed by atoms with Gasteiger partial charge >= 0.3 is 0 Å². The Labute approximate surface area is 122 Å². The van der Waals surface area contributed by atoms with Gasteiger partial charge in [0, 0.05) is 13.1 Å². The molecule has 112 valence electrons. The fourth-order valence-electron chi connectivity index (χ4n) is 2.06. The summed E-state index contributed by atoms with van der Waals surface area (Å²) in [7, 11) is 1.92. The number of benzene rings is 1. The van der Waals surface area contributed by atoms with Crippen LogP contribution in [0, 0.1) is 11.6 Å². The van der Waals surface area contributed by atoms with Gasteiger partial charge in [0.1, 0.15) is 11.6 Å². The summed E-state index contributed by atoms with van der Waals surface area (Å²) in [5.74, 6) is -0.668. The molecule has 5 heteroatoms. The maximum Gasteiger partial charge on any atom is 0.141 e. The zero-order valence-electron chi connectivity index (χ0n) is 11.8. The van der Waals surface area contributed by atoms with E-state index in [0.717, 1.165) is 11.8 Å². The first-order valence-electron chi connectivity index (χ1n) is 6.77. The number of rotatable bonds is 6. The Balaban J connectivity index is 1.81. The molecule has 21 heavy (non-hydrogen) atoms. The van der Waals surface area contributed by atoms with E-state index in [4.69, 9.17) is 0 Å². The van der Waals surface area contributed by atoms with Gasteiger partial charge in [-0.1, -0.05) is 12.1 Å². The Morgan fingerprint density at radius 1 is 1.10 bits per heavy atom. The lowest BCUT2D eigenvalue weighted by Crippen LogP contribution is -2.21. The van der Waals surface area contributed by atoms with Crippen LogP contribution in [0.5, 0.6) is 0 Å². The summed E-state index contributed by atoms with van der Waals surface area (Å²) in [4.78, 5) is 5.89. The summed E-state index contributed by atoms with van der Waals surface area (Å²) in [5.41, 5.74) is 1.47. The number of halogens is 2. The molecular formula is C16H18F2N2O. The molecule has 0 amide bonds. The number of pyridine rings is 1. The fourth-order valence-corrected chi connectivity index (χ4v) is 2.06. The van der Waals surface area contributed by atoms with Crippen molar-refractivity contribution in [1.82, 2.24) is 9.88 Å². The van der Waals surface area contributed by atoms with Crippen LogP contribution in [0.1, 0.15) is 23.8 Å². The Morgan fingerprint density at radius 2 is 1.76 bits per heavy atom. The molecule has 1 atom stereocenters. The van der Waals surface area contributed by atoms with Gasteiger partial charge in [0.15, 0.2) is 0 Å². The van der Waals surface area contributed by atoms with Crippen molar-refractivity contribution >= 4 is 0 Å². The number of aliphatic hydroxyl groups excluding tert-OH is 1. The molecule has 2 aromatic rings. The van der Waals surface area contributed by atoms with E-state index in [1.54, 1.807) is 12.1 Å². The lowest BCUT2D eigenvalue weighted by atomic mass is 10.1. The topological polar surface area (TPSA) is 36.4 Å². The second kappa shape index (κ2) is 7.24. The van der Waals surface area contributed by atoms with Crippen molar-refractivity contribution in [2.45, 2.75) is 19.1 Å². The Kier molecular flexibility index (Phi) is 5.36. The van der Waals surface area contributed by atoms with Crippen molar-refractivity contribution in [3.05, 3.63) is 65.5 Å². The average Bonchev–Trinajstić information content (AvgIpc) is 2.48. The number of aliphatic hydroxyl groups is 1. The van der Waals surface area contributed by atoms with Crippen LogP contribution in [0.3, 0.4) is 0 Å². The van der Waals surface area contributed by atoms with E-state index >= 15 is 0 Å². The monoisotopic (exact) mass is 292 g/mol. The van der Waals surface area contributed by atoms with Crippen LogP contribution in [0.15, 0.2) is 42.6 Å². The summed E-state index contributed by atoms with van der Waals surface area (Å²) in [5, 5.41) is 10.0. The largest absolute Gasteiger partial charge is 0.387 e. The summed E-state index contributed by atoms with van der Waals surface area (Å²) < 4.78 is 25.6. The Morgan fingerprint density at radius 3 is 2.38 bits per heavy atom. The van der Waals surface area contributed by atoms with E-state index < -0.39 is 11.9 Å². The first kappa shape index (κ1) is 15.5. The maximum atomic E-state index is 12.8. The van der Waals surface area contributed by atoms with E-state index in [9.17, 15) is 13.9 Å². The minimum absolute atomic E-state index is 0.251. The van der Waals surface area contributed by atoms with Crippen LogP contribution < -0.4 is 0 Å². The second-order valence-corrected chi connectivity index (χ2v) is 5.07. The third-order valence-corrected chi connectivity index (χ3v) is 3.24. The summed E-state index contributed by atoms with van der Waals surface area (Å²) in [6.45, 7) is 1.32. The summed E-state index contributed by atoms with van der Waals surface area (Å²) in [6, 6.07) is 9.11. The minimum atomic E-state index is -0.721. The highest BCUT2D eigenvalue weighted by atomic mass is 19.1. The van der Waals surface area contributed by atoms with Gasteiger partial charge in [0.2, 0.25) is 0 Å². The van der Waals surface area contributed by atoms with Gasteiger partial charge in [0.25, 0.3) is 0 Å². The second-order valence-electron chi connectivity index (χ2n) is 5.07. The lowest BCUT2D eigenvalue weighted by Gasteiger charge is -2.18. The number of nitrogens with zero attached hydrogens (tertiary/aromatic N) is 2. The Bertz CT molecular complexity index is 557. The van der Waals surface area contributed by atoms with Gasteiger partial charge < -0.3 is 10.0 Å². The van der Waals surface area contributed by atoms with Crippen LogP contribution >= 0.6 is 0 Å². The quantitative estimate of drug-likeness (QED) is 0.889. The standard InChI is InChI=1S/C16H18F2N2O/c1-20(11-12-2-4-13(17)5-3-12)9-8-16(21)15-7-6-14(18)10-19-15/h2-7,10,16,21H,8-9,11H2,1H3. The predicted molar refractivity (Wildman–Crippen MR) is 76.5 cm³/mol. The highest BCUT2D eigenvalue weighted by molar-refractivity contribution is 5.15. The Hall–Kier alpha value is -1.85. The molecule has 0 fully saturated rings.